The Labute approximate surface area is 233 Å². The van der Waals surface area contributed by atoms with Crippen LogP contribution in [0.2, 0.25) is 0 Å². The fraction of sp³-hybridized carbons (Fsp3) is 0.960. The van der Waals surface area contributed by atoms with Gasteiger partial charge >= 0.3 is 6.09 Å². The summed E-state index contributed by atoms with van der Waals surface area (Å²) in [6.07, 6.45) is -14.1. The van der Waals surface area contributed by atoms with E-state index in [1.807, 2.05) is 0 Å². The molecule has 0 radical (unpaired) electrons. The Morgan fingerprint density at radius 1 is 1.00 bits per heavy atom. The van der Waals surface area contributed by atoms with Gasteiger partial charge in [0.05, 0.1) is 18.8 Å². The quantitative estimate of drug-likeness (QED) is 0.156. The van der Waals surface area contributed by atoms with E-state index in [2.05, 4.69) is 0 Å². The summed E-state index contributed by atoms with van der Waals surface area (Å²) in [5.41, 5.74) is 9.39. The first-order valence-corrected chi connectivity index (χ1v) is 13.5. The topological polar surface area (TPSA) is 240 Å². The summed E-state index contributed by atoms with van der Waals surface area (Å²) in [6, 6.07) is -1.91. The number of hydrogen-bond acceptors (Lipinski definition) is 14. The molecule has 2 heterocycles. The van der Waals surface area contributed by atoms with Crippen molar-refractivity contribution in [1.82, 2.24) is 4.90 Å². The molecule has 1 saturated carbocycles. The first kappa shape index (κ1) is 33.3. The molecule has 1 aliphatic carbocycles. The third-order valence-electron chi connectivity index (χ3n) is 7.66. The van der Waals surface area contributed by atoms with Crippen LogP contribution in [0.15, 0.2) is 0 Å². The lowest BCUT2D eigenvalue weighted by atomic mass is 9.80. The van der Waals surface area contributed by atoms with Gasteiger partial charge in [-0.25, -0.2) is 4.79 Å². The van der Waals surface area contributed by atoms with Crippen LogP contribution in [0.25, 0.3) is 0 Å². The van der Waals surface area contributed by atoms with Crippen LogP contribution in [-0.2, 0) is 23.7 Å². The van der Waals surface area contributed by atoms with Gasteiger partial charge in [0.25, 0.3) is 0 Å². The van der Waals surface area contributed by atoms with E-state index in [0.717, 1.165) is 4.90 Å². The van der Waals surface area contributed by atoms with Crippen molar-refractivity contribution in [2.24, 2.45) is 17.4 Å². The molecule has 234 valence electrons. The molecule has 0 aromatic rings. The fourth-order valence-electron chi connectivity index (χ4n) is 5.57. The van der Waals surface area contributed by atoms with Gasteiger partial charge in [0, 0.05) is 19.6 Å². The molecule has 2 aliphatic heterocycles. The lowest BCUT2D eigenvalue weighted by Gasteiger charge is -2.50. The van der Waals surface area contributed by atoms with Crippen LogP contribution in [0, 0.1) is 5.92 Å². The Balaban J connectivity index is 1.75. The molecule has 14 atom stereocenters. The number of aliphatic hydroxyl groups excluding tert-OH is 5. The summed E-state index contributed by atoms with van der Waals surface area (Å²) in [7, 11) is 1.38. The molecule has 2 saturated heterocycles. The zero-order chi connectivity index (χ0) is 30.3. The number of carbonyl (C=O) groups is 1. The SMILES string of the molecule is C[C@@H]1C[C@H](N)C(O[C@H]2O[C@H](CN)[C@@H](O)[C@H](O)[C@H]2O)[C@H](O)[C@H]1O[C@H]1OC[C@](C)(O)[C@H](N(C)C(=O)OC(C)(C)C)[C@H]1O. The minimum Gasteiger partial charge on any atom is -0.444 e. The largest absolute Gasteiger partial charge is 0.444 e. The summed E-state index contributed by atoms with van der Waals surface area (Å²) < 4.78 is 28.4. The number of ether oxygens (including phenoxy) is 5. The van der Waals surface area contributed by atoms with Crippen molar-refractivity contribution >= 4 is 6.09 Å². The van der Waals surface area contributed by atoms with Gasteiger partial charge in [0.1, 0.15) is 53.9 Å². The second-order valence-corrected chi connectivity index (χ2v) is 12.4. The molecular formula is C25H47N3O12. The molecule has 15 nitrogen and oxygen atoms in total. The van der Waals surface area contributed by atoms with E-state index in [-0.39, 0.29) is 19.1 Å². The molecule has 0 spiro atoms. The van der Waals surface area contributed by atoms with Gasteiger partial charge in [-0.3, -0.25) is 0 Å². The number of aliphatic hydroxyl groups is 6. The molecular weight excluding hydrogens is 534 g/mol. The maximum atomic E-state index is 12.7. The smallest absolute Gasteiger partial charge is 0.410 e. The molecule has 3 aliphatic rings. The second kappa shape index (κ2) is 12.6. The van der Waals surface area contributed by atoms with Crippen molar-refractivity contribution in [1.29, 1.82) is 0 Å². The fourth-order valence-corrected chi connectivity index (χ4v) is 5.57. The van der Waals surface area contributed by atoms with E-state index < -0.39 is 90.8 Å². The molecule has 1 unspecified atom stereocenters. The van der Waals surface area contributed by atoms with Crippen molar-refractivity contribution in [3.05, 3.63) is 0 Å². The minimum atomic E-state index is -1.66. The molecule has 40 heavy (non-hydrogen) atoms. The van der Waals surface area contributed by atoms with E-state index in [0.29, 0.717) is 6.42 Å². The third-order valence-corrected chi connectivity index (χ3v) is 7.66. The van der Waals surface area contributed by atoms with Crippen molar-refractivity contribution < 1.29 is 59.1 Å². The Bertz CT molecular complexity index is 857. The minimum absolute atomic E-state index is 0.160. The summed E-state index contributed by atoms with van der Waals surface area (Å²) in [5, 5.41) is 64.1. The van der Waals surface area contributed by atoms with Gasteiger partial charge in [-0.05, 0) is 40.0 Å². The van der Waals surface area contributed by atoms with Crippen LogP contribution in [0.4, 0.5) is 4.79 Å². The highest BCUT2D eigenvalue weighted by atomic mass is 16.7. The van der Waals surface area contributed by atoms with Crippen LogP contribution in [-0.4, -0.2) is 147 Å². The van der Waals surface area contributed by atoms with Crippen LogP contribution in [0.1, 0.15) is 41.0 Å². The molecule has 3 rings (SSSR count). The predicted molar refractivity (Wildman–Crippen MR) is 137 cm³/mol. The highest BCUT2D eigenvalue weighted by Gasteiger charge is 2.54. The van der Waals surface area contributed by atoms with Gasteiger partial charge in [-0.1, -0.05) is 6.92 Å². The van der Waals surface area contributed by atoms with Crippen molar-refractivity contribution in [3.8, 4) is 0 Å². The van der Waals surface area contributed by atoms with Gasteiger partial charge < -0.3 is 70.7 Å². The Hall–Kier alpha value is -1.21. The molecule has 0 aromatic heterocycles. The van der Waals surface area contributed by atoms with E-state index in [1.165, 1.54) is 14.0 Å². The predicted octanol–water partition coefficient (Wildman–Crippen LogP) is -3.05. The number of rotatable bonds is 6. The summed E-state index contributed by atoms with van der Waals surface area (Å²) >= 11 is 0. The first-order valence-electron chi connectivity index (χ1n) is 13.5. The standard InChI is InChI=1S/C25H47N3O12/c1-10-7-11(27)19(39-22-15(31)14(30)13(29)12(8-26)37-22)16(32)18(10)38-21-17(33)20(25(5,35)9-36-21)28(6)23(34)40-24(2,3)4/h10-22,29-33,35H,7-9,26-27H2,1-6H3/t10-,11+,12-,13-,14+,15-,16-,17-,18+,19?,20-,21-,22-,25+/m1/s1. The summed E-state index contributed by atoms with van der Waals surface area (Å²) in [5.74, 6) is -0.355. The lowest BCUT2D eigenvalue weighted by Crippen LogP contribution is -2.68. The van der Waals surface area contributed by atoms with Crippen molar-refractivity contribution in [3.63, 3.8) is 0 Å². The second-order valence-electron chi connectivity index (χ2n) is 12.4. The average molecular weight is 582 g/mol. The third kappa shape index (κ3) is 7.04. The van der Waals surface area contributed by atoms with Gasteiger partial charge in [-0.15, -0.1) is 0 Å². The lowest BCUT2D eigenvalue weighted by molar-refractivity contribution is -0.334. The zero-order valence-corrected chi connectivity index (χ0v) is 23.9. The molecule has 15 heteroatoms. The molecule has 3 fully saturated rings. The van der Waals surface area contributed by atoms with E-state index in [9.17, 15) is 35.4 Å². The van der Waals surface area contributed by atoms with Crippen molar-refractivity contribution in [2.45, 2.75) is 126 Å². The van der Waals surface area contributed by atoms with Gasteiger partial charge in [0.2, 0.25) is 0 Å². The zero-order valence-electron chi connectivity index (χ0n) is 23.9. The normalized spacial score (nSPS) is 46.6. The van der Waals surface area contributed by atoms with Crippen LogP contribution < -0.4 is 11.5 Å². The summed E-state index contributed by atoms with van der Waals surface area (Å²) in [6.45, 7) is 7.79. The maximum absolute atomic E-state index is 12.7. The number of hydrogen-bond donors (Lipinski definition) is 8. The number of nitrogens with two attached hydrogens (primary N) is 2. The Kier molecular flexibility index (Phi) is 10.5. The number of carbonyl (C=O) groups excluding carboxylic acids is 1. The highest BCUT2D eigenvalue weighted by Crippen LogP contribution is 2.35. The number of likely N-dealkylation sites (N-methyl/N-ethyl adjacent to an activating group) is 1. The molecule has 1 amide bonds. The maximum Gasteiger partial charge on any atom is 0.410 e. The highest BCUT2D eigenvalue weighted by molar-refractivity contribution is 5.68. The van der Waals surface area contributed by atoms with Crippen LogP contribution >= 0.6 is 0 Å². The van der Waals surface area contributed by atoms with Crippen molar-refractivity contribution in [2.75, 3.05) is 20.2 Å². The van der Waals surface area contributed by atoms with E-state index in [4.69, 9.17) is 35.2 Å². The summed E-state index contributed by atoms with van der Waals surface area (Å²) in [4.78, 5) is 13.8. The Morgan fingerprint density at radius 3 is 2.17 bits per heavy atom. The van der Waals surface area contributed by atoms with E-state index >= 15 is 0 Å². The monoisotopic (exact) mass is 581 g/mol. The number of nitrogens with zero attached hydrogens (tertiary/aromatic N) is 1. The van der Waals surface area contributed by atoms with Crippen LogP contribution in [0.5, 0.6) is 0 Å². The first-order chi connectivity index (χ1) is 18.4. The Morgan fingerprint density at radius 2 is 1.60 bits per heavy atom. The van der Waals surface area contributed by atoms with Gasteiger partial charge in [0.15, 0.2) is 12.6 Å². The molecule has 0 aromatic carbocycles. The molecule has 10 N–H and O–H groups in total. The number of amides is 1. The van der Waals surface area contributed by atoms with E-state index in [1.54, 1.807) is 27.7 Å². The molecule has 0 bridgehead atoms. The van der Waals surface area contributed by atoms with Crippen LogP contribution in [0.3, 0.4) is 0 Å². The average Bonchev–Trinajstić information content (AvgIpc) is 2.84. The van der Waals surface area contributed by atoms with Gasteiger partial charge in [-0.2, -0.15) is 0 Å².